The predicted octanol–water partition coefficient (Wildman–Crippen LogP) is 2.98. The van der Waals surface area contributed by atoms with Gasteiger partial charge < -0.3 is 4.90 Å². The first-order chi connectivity index (χ1) is 13.3. The van der Waals surface area contributed by atoms with Gasteiger partial charge in [-0.3, -0.25) is 4.79 Å². The minimum atomic E-state index is -3.14. The molecule has 4 rings (SSSR count). The van der Waals surface area contributed by atoms with Gasteiger partial charge in [0, 0.05) is 10.9 Å². The van der Waals surface area contributed by atoms with E-state index >= 15 is 0 Å². The van der Waals surface area contributed by atoms with Gasteiger partial charge in [-0.25, -0.2) is 12.8 Å². The maximum Gasteiger partial charge on any atom is 0.252 e. The SMILES string of the molecule is Cc1ccc(CC(=O)N=C2SC3CS(=O)(=O)CC3N2c2ccc(F)cc2)cc1. The van der Waals surface area contributed by atoms with E-state index in [9.17, 15) is 17.6 Å². The number of amides is 1. The van der Waals surface area contributed by atoms with Crippen molar-refractivity contribution in [2.75, 3.05) is 16.4 Å². The zero-order chi connectivity index (χ0) is 19.9. The van der Waals surface area contributed by atoms with Gasteiger partial charge in [-0.15, -0.1) is 0 Å². The molecule has 2 atom stereocenters. The van der Waals surface area contributed by atoms with E-state index in [1.54, 1.807) is 17.0 Å². The van der Waals surface area contributed by atoms with Crippen LogP contribution in [0.5, 0.6) is 0 Å². The van der Waals surface area contributed by atoms with Crippen LogP contribution in [0.2, 0.25) is 0 Å². The lowest BCUT2D eigenvalue weighted by Gasteiger charge is -2.24. The van der Waals surface area contributed by atoms with Crippen molar-refractivity contribution in [3.63, 3.8) is 0 Å². The molecule has 2 aliphatic rings. The van der Waals surface area contributed by atoms with Crippen LogP contribution in [0.3, 0.4) is 0 Å². The van der Waals surface area contributed by atoms with E-state index in [-0.39, 0.29) is 40.9 Å². The summed E-state index contributed by atoms with van der Waals surface area (Å²) < 4.78 is 37.5. The monoisotopic (exact) mass is 418 g/mol. The van der Waals surface area contributed by atoms with Crippen LogP contribution >= 0.6 is 11.8 Å². The van der Waals surface area contributed by atoms with Gasteiger partial charge in [0.2, 0.25) is 0 Å². The summed E-state index contributed by atoms with van der Waals surface area (Å²) in [5.41, 5.74) is 2.63. The normalized spacial score (nSPS) is 24.5. The highest BCUT2D eigenvalue weighted by Crippen LogP contribution is 2.41. The fraction of sp³-hybridized carbons (Fsp3) is 0.300. The number of sulfone groups is 1. The highest BCUT2D eigenvalue weighted by molar-refractivity contribution is 8.16. The maximum absolute atomic E-state index is 13.3. The zero-order valence-electron chi connectivity index (χ0n) is 15.2. The number of carbonyl (C=O) groups is 1. The van der Waals surface area contributed by atoms with Gasteiger partial charge in [0.15, 0.2) is 15.0 Å². The number of aliphatic imine (C=N–C) groups is 1. The molecule has 5 nitrogen and oxygen atoms in total. The van der Waals surface area contributed by atoms with Crippen molar-refractivity contribution < 1.29 is 17.6 Å². The number of nitrogens with zero attached hydrogens (tertiary/aromatic N) is 2. The average molecular weight is 419 g/mol. The summed E-state index contributed by atoms with van der Waals surface area (Å²) in [5, 5.41) is 0.301. The van der Waals surface area contributed by atoms with Crippen LogP contribution < -0.4 is 4.90 Å². The summed E-state index contributed by atoms with van der Waals surface area (Å²) in [6, 6.07) is 13.2. The third-order valence-electron chi connectivity index (χ3n) is 4.87. The quantitative estimate of drug-likeness (QED) is 0.767. The number of benzene rings is 2. The highest BCUT2D eigenvalue weighted by Gasteiger charge is 2.49. The van der Waals surface area contributed by atoms with E-state index < -0.39 is 9.84 Å². The number of fused-ring (bicyclic) bond motifs is 1. The summed E-state index contributed by atoms with van der Waals surface area (Å²) in [4.78, 5) is 18.6. The van der Waals surface area contributed by atoms with E-state index in [0.717, 1.165) is 11.1 Å². The largest absolute Gasteiger partial charge is 0.316 e. The Morgan fingerprint density at radius 2 is 1.82 bits per heavy atom. The van der Waals surface area contributed by atoms with Crippen LogP contribution in [0.25, 0.3) is 0 Å². The van der Waals surface area contributed by atoms with Crippen LogP contribution in [0.15, 0.2) is 53.5 Å². The lowest BCUT2D eigenvalue weighted by molar-refractivity contribution is -0.117. The van der Waals surface area contributed by atoms with Gasteiger partial charge in [-0.1, -0.05) is 41.6 Å². The standard InChI is InChI=1S/C20H19FN2O3S2/c1-13-2-4-14(5-3-13)10-19(24)22-20-23(16-8-6-15(21)7-9-16)17-11-28(25,26)12-18(17)27-20/h2-9,17-18H,10-12H2,1H3. The van der Waals surface area contributed by atoms with Gasteiger partial charge in [0.05, 0.1) is 24.0 Å². The second-order valence-corrected chi connectivity index (χ2v) is 10.5. The lowest BCUT2D eigenvalue weighted by atomic mass is 10.1. The topological polar surface area (TPSA) is 66.8 Å². The molecule has 0 N–H and O–H groups in total. The number of thioether (sulfide) groups is 1. The molecule has 0 aliphatic carbocycles. The van der Waals surface area contributed by atoms with E-state index in [1.807, 2.05) is 31.2 Å². The Bertz CT molecular complexity index is 1030. The average Bonchev–Trinajstić information content (AvgIpc) is 3.09. The second-order valence-electron chi connectivity index (χ2n) is 7.10. The number of rotatable bonds is 3. The Labute approximate surface area is 167 Å². The molecule has 0 saturated carbocycles. The lowest BCUT2D eigenvalue weighted by Crippen LogP contribution is -2.37. The van der Waals surface area contributed by atoms with Gasteiger partial charge >= 0.3 is 0 Å². The molecule has 0 bridgehead atoms. The molecule has 1 amide bonds. The fourth-order valence-corrected chi connectivity index (χ4v) is 7.43. The summed E-state index contributed by atoms with van der Waals surface area (Å²) in [5.74, 6) is -0.597. The van der Waals surface area contributed by atoms with E-state index in [1.165, 1.54) is 23.9 Å². The molecule has 2 heterocycles. The molecule has 2 aromatic carbocycles. The molecule has 2 aliphatic heterocycles. The van der Waals surface area contributed by atoms with Crippen LogP contribution in [0.1, 0.15) is 11.1 Å². The van der Waals surface area contributed by atoms with Gasteiger partial charge in [-0.05, 0) is 36.8 Å². The summed E-state index contributed by atoms with van der Waals surface area (Å²) in [7, 11) is -3.14. The number of amidine groups is 1. The van der Waals surface area contributed by atoms with Crippen LogP contribution in [-0.4, -0.2) is 42.3 Å². The molecular weight excluding hydrogens is 399 g/mol. The number of aryl methyl sites for hydroxylation is 1. The molecule has 0 aromatic heterocycles. The molecule has 2 aromatic rings. The summed E-state index contributed by atoms with van der Waals surface area (Å²) >= 11 is 1.31. The first-order valence-corrected chi connectivity index (χ1v) is 11.6. The molecule has 2 fully saturated rings. The third kappa shape index (κ3) is 3.98. The van der Waals surface area contributed by atoms with Crippen molar-refractivity contribution >= 4 is 38.4 Å². The minimum absolute atomic E-state index is 0.00716. The molecular formula is C20H19FN2O3S2. The molecule has 0 spiro atoms. The number of hydrogen-bond acceptors (Lipinski definition) is 4. The van der Waals surface area contributed by atoms with Crippen molar-refractivity contribution in [1.29, 1.82) is 0 Å². The van der Waals surface area contributed by atoms with Crippen molar-refractivity contribution in [3.8, 4) is 0 Å². The second kappa shape index (κ2) is 7.33. The van der Waals surface area contributed by atoms with E-state index in [2.05, 4.69) is 4.99 Å². The Morgan fingerprint density at radius 3 is 2.50 bits per heavy atom. The fourth-order valence-electron chi connectivity index (χ4n) is 3.49. The summed E-state index contributed by atoms with van der Waals surface area (Å²) in [6.07, 6.45) is 0.176. The Hall–Kier alpha value is -2.19. The molecule has 28 heavy (non-hydrogen) atoms. The van der Waals surface area contributed by atoms with E-state index in [0.29, 0.717) is 10.9 Å². The predicted molar refractivity (Wildman–Crippen MR) is 110 cm³/mol. The van der Waals surface area contributed by atoms with Crippen LogP contribution in [0, 0.1) is 12.7 Å². The first-order valence-electron chi connectivity index (χ1n) is 8.90. The smallest absolute Gasteiger partial charge is 0.252 e. The van der Waals surface area contributed by atoms with Crippen molar-refractivity contribution in [2.24, 2.45) is 4.99 Å². The summed E-state index contributed by atoms with van der Waals surface area (Å²) in [6.45, 7) is 1.98. The maximum atomic E-state index is 13.3. The molecule has 0 radical (unpaired) electrons. The molecule has 146 valence electrons. The number of halogens is 1. The first kappa shape index (κ1) is 19.1. The van der Waals surface area contributed by atoms with E-state index in [4.69, 9.17) is 0 Å². The van der Waals surface area contributed by atoms with Crippen molar-refractivity contribution in [1.82, 2.24) is 0 Å². The minimum Gasteiger partial charge on any atom is -0.316 e. The molecule has 8 heteroatoms. The molecule has 2 saturated heterocycles. The zero-order valence-corrected chi connectivity index (χ0v) is 16.8. The number of carbonyl (C=O) groups excluding carboxylic acids is 1. The number of hydrogen-bond donors (Lipinski definition) is 0. The Balaban J connectivity index is 1.62. The Kier molecular flexibility index (Phi) is 5.01. The third-order valence-corrected chi connectivity index (χ3v) is 8.08. The van der Waals surface area contributed by atoms with Gasteiger partial charge in [0.25, 0.3) is 5.91 Å². The Morgan fingerprint density at radius 1 is 1.14 bits per heavy atom. The van der Waals surface area contributed by atoms with Gasteiger partial charge in [-0.2, -0.15) is 4.99 Å². The van der Waals surface area contributed by atoms with Gasteiger partial charge in [0.1, 0.15) is 5.82 Å². The van der Waals surface area contributed by atoms with Crippen LogP contribution in [0.4, 0.5) is 10.1 Å². The van der Waals surface area contributed by atoms with Crippen molar-refractivity contribution in [3.05, 3.63) is 65.5 Å². The highest BCUT2D eigenvalue weighted by atomic mass is 32.2. The van der Waals surface area contributed by atoms with Crippen LogP contribution in [-0.2, 0) is 21.1 Å². The molecule has 2 unspecified atom stereocenters. The number of anilines is 1. The van der Waals surface area contributed by atoms with Crippen molar-refractivity contribution in [2.45, 2.75) is 24.6 Å².